The number of carbonyl (C=O) groups is 1. The van der Waals surface area contributed by atoms with Crippen molar-refractivity contribution in [2.75, 3.05) is 6.54 Å². The minimum Gasteiger partial charge on any atom is -0.480 e. The van der Waals surface area contributed by atoms with Crippen molar-refractivity contribution >= 4 is 44.8 Å². The molecule has 0 aromatic carbocycles. The van der Waals surface area contributed by atoms with Crippen LogP contribution in [0.3, 0.4) is 0 Å². The largest absolute Gasteiger partial charge is 0.480 e. The van der Waals surface area contributed by atoms with Gasteiger partial charge in [0.1, 0.15) is 9.88 Å². The van der Waals surface area contributed by atoms with E-state index < -0.39 is 11.5 Å². The van der Waals surface area contributed by atoms with Crippen molar-refractivity contribution in [3.8, 4) is 0 Å². The zero-order chi connectivity index (χ0) is 13.2. The lowest BCUT2D eigenvalue weighted by atomic mass is 10.0. The van der Waals surface area contributed by atoms with Gasteiger partial charge >= 0.3 is 5.97 Å². The second-order valence-corrected chi connectivity index (χ2v) is 6.81. The summed E-state index contributed by atoms with van der Waals surface area (Å²) >= 11 is 10.8. The maximum Gasteiger partial charge on any atom is 0.323 e. The summed E-state index contributed by atoms with van der Waals surface area (Å²) in [5.74, 6) is -0.818. The van der Waals surface area contributed by atoms with Gasteiger partial charge in [0.05, 0.1) is 0 Å². The molecule has 0 saturated carbocycles. The van der Waals surface area contributed by atoms with Crippen LogP contribution in [-0.2, 0) is 11.3 Å². The third-order valence-electron chi connectivity index (χ3n) is 2.74. The molecular weight excluding hydrogens is 326 g/mol. The Morgan fingerprint density at radius 2 is 2.24 bits per heavy atom. The smallest absolute Gasteiger partial charge is 0.323 e. The highest BCUT2D eigenvalue weighted by Gasteiger charge is 2.33. The lowest BCUT2D eigenvalue weighted by Gasteiger charge is -2.33. The topological polar surface area (TPSA) is 40.5 Å². The van der Waals surface area contributed by atoms with Crippen molar-refractivity contribution in [2.24, 2.45) is 0 Å². The molecular formula is C11H15BrClNO2S. The number of thiophene rings is 1. The monoisotopic (exact) mass is 339 g/mol. The van der Waals surface area contributed by atoms with Crippen LogP contribution in [0.5, 0.6) is 0 Å². The lowest BCUT2D eigenvalue weighted by molar-refractivity contribution is -0.149. The van der Waals surface area contributed by atoms with Crippen LogP contribution in [0.4, 0.5) is 0 Å². The molecule has 0 fully saturated rings. The summed E-state index contributed by atoms with van der Waals surface area (Å²) in [5, 5.41) is 9.21. The van der Waals surface area contributed by atoms with Crippen molar-refractivity contribution in [1.29, 1.82) is 0 Å². The summed E-state index contributed by atoms with van der Waals surface area (Å²) < 4.78 is 1.56. The Bertz CT molecular complexity index is 400. The highest BCUT2D eigenvalue weighted by molar-refractivity contribution is 9.10. The van der Waals surface area contributed by atoms with Crippen LogP contribution in [0.25, 0.3) is 0 Å². The third-order valence-corrected chi connectivity index (χ3v) is 5.20. The van der Waals surface area contributed by atoms with Crippen molar-refractivity contribution < 1.29 is 9.90 Å². The van der Waals surface area contributed by atoms with E-state index in [9.17, 15) is 9.90 Å². The predicted molar refractivity (Wildman–Crippen MR) is 74.8 cm³/mol. The van der Waals surface area contributed by atoms with E-state index in [2.05, 4.69) is 15.9 Å². The van der Waals surface area contributed by atoms with E-state index in [-0.39, 0.29) is 0 Å². The average molecular weight is 341 g/mol. The number of hydrogen-bond donors (Lipinski definition) is 1. The quantitative estimate of drug-likeness (QED) is 0.885. The summed E-state index contributed by atoms with van der Waals surface area (Å²) in [6.45, 7) is 6.64. The maximum absolute atomic E-state index is 11.2. The molecule has 6 heteroatoms. The maximum atomic E-state index is 11.2. The number of halogens is 2. The van der Waals surface area contributed by atoms with E-state index in [0.717, 1.165) is 9.35 Å². The van der Waals surface area contributed by atoms with Crippen molar-refractivity contribution in [1.82, 2.24) is 4.90 Å². The van der Waals surface area contributed by atoms with Crippen LogP contribution < -0.4 is 0 Å². The molecule has 1 aromatic rings. The zero-order valence-electron chi connectivity index (χ0n) is 9.96. The molecule has 0 spiro atoms. The molecule has 0 bridgehead atoms. The average Bonchev–Trinajstić information content (AvgIpc) is 2.54. The Morgan fingerprint density at radius 3 is 2.59 bits per heavy atom. The van der Waals surface area contributed by atoms with Gasteiger partial charge in [-0.1, -0.05) is 18.5 Å². The molecule has 0 radical (unpaired) electrons. The van der Waals surface area contributed by atoms with Crippen LogP contribution >= 0.6 is 38.9 Å². The molecule has 3 nitrogen and oxygen atoms in total. The first-order valence-electron chi connectivity index (χ1n) is 5.21. The Hall–Kier alpha value is -0.100. The van der Waals surface area contributed by atoms with Gasteiger partial charge in [0.15, 0.2) is 0 Å². The zero-order valence-corrected chi connectivity index (χ0v) is 13.1. The third kappa shape index (κ3) is 3.44. The molecule has 0 atom stereocenters. The van der Waals surface area contributed by atoms with Crippen molar-refractivity contribution in [2.45, 2.75) is 32.9 Å². The fraction of sp³-hybridized carbons (Fsp3) is 0.545. The minimum absolute atomic E-state index is 0.589. The summed E-state index contributed by atoms with van der Waals surface area (Å²) in [6.07, 6.45) is 0. The molecule has 17 heavy (non-hydrogen) atoms. The van der Waals surface area contributed by atoms with Crippen LogP contribution in [0.1, 0.15) is 25.6 Å². The van der Waals surface area contributed by atoms with Gasteiger partial charge in [-0.3, -0.25) is 9.69 Å². The summed E-state index contributed by atoms with van der Waals surface area (Å²) in [7, 11) is 0. The first-order chi connectivity index (χ1) is 7.78. The predicted octanol–water partition coefficient (Wildman–Crippen LogP) is 3.85. The van der Waals surface area contributed by atoms with Gasteiger partial charge < -0.3 is 5.11 Å². The summed E-state index contributed by atoms with van der Waals surface area (Å²) in [6, 6.07) is 1.94. The van der Waals surface area contributed by atoms with E-state index in [4.69, 9.17) is 11.6 Å². The normalized spacial score (nSPS) is 12.1. The Kier molecular flexibility index (Phi) is 5.01. The van der Waals surface area contributed by atoms with Crippen LogP contribution in [0.15, 0.2) is 10.5 Å². The molecule has 0 amide bonds. The van der Waals surface area contributed by atoms with Gasteiger partial charge in [0.25, 0.3) is 0 Å². The molecule has 1 heterocycles. The van der Waals surface area contributed by atoms with E-state index in [0.29, 0.717) is 17.4 Å². The second-order valence-electron chi connectivity index (χ2n) is 4.21. The fourth-order valence-electron chi connectivity index (χ4n) is 1.50. The molecule has 0 aliphatic heterocycles. The Balaban J connectivity index is 2.87. The summed E-state index contributed by atoms with van der Waals surface area (Å²) in [4.78, 5) is 14.2. The van der Waals surface area contributed by atoms with Gasteiger partial charge in [-0.2, -0.15) is 0 Å². The number of rotatable bonds is 5. The fourth-order valence-corrected chi connectivity index (χ4v) is 3.30. The van der Waals surface area contributed by atoms with E-state index in [1.807, 2.05) is 17.9 Å². The van der Waals surface area contributed by atoms with E-state index in [1.54, 1.807) is 13.8 Å². The standard InChI is InChI=1S/C11H15BrClNO2S/c1-4-14(11(2,3)10(15)16)6-7-5-8(12)9(13)17-7/h5H,4,6H2,1-3H3,(H,15,16). The van der Waals surface area contributed by atoms with Gasteiger partial charge in [-0.05, 0) is 42.4 Å². The number of likely N-dealkylation sites (N-methyl/N-ethyl adjacent to an activating group) is 1. The molecule has 0 unspecified atom stereocenters. The van der Waals surface area contributed by atoms with Gasteiger partial charge in [-0.25, -0.2) is 0 Å². The number of aliphatic carboxylic acids is 1. The lowest BCUT2D eigenvalue weighted by Crippen LogP contribution is -2.49. The summed E-state index contributed by atoms with van der Waals surface area (Å²) in [5.41, 5.74) is -0.877. The first kappa shape index (κ1) is 15.0. The first-order valence-corrected chi connectivity index (χ1v) is 7.20. The molecule has 1 aromatic heterocycles. The Labute approximate surface area is 119 Å². The number of carboxylic acid groups (broad SMARTS) is 1. The molecule has 1 N–H and O–H groups in total. The number of nitrogens with zero attached hydrogens (tertiary/aromatic N) is 1. The van der Waals surface area contributed by atoms with Gasteiger partial charge in [0, 0.05) is 15.9 Å². The van der Waals surface area contributed by atoms with Crippen LogP contribution in [0.2, 0.25) is 4.34 Å². The molecule has 0 aliphatic carbocycles. The molecule has 1 rings (SSSR count). The highest BCUT2D eigenvalue weighted by atomic mass is 79.9. The Morgan fingerprint density at radius 1 is 1.65 bits per heavy atom. The molecule has 96 valence electrons. The van der Waals surface area contributed by atoms with Crippen molar-refractivity contribution in [3.63, 3.8) is 0 Å². The van der Waals surface area contributed by atoms with Crippen molar-refractivity contribution in [3.05, 3.63) is 19.8 Å². The highest BCUT2D eigenvalue weighted by Crippen LogP contribution is 2.33. The van der Waals surface area contributed by atoms with E-state index in [1.165, 1.54) is 11.3 Å². The van der Waals surface area contributed by atoms with Crippen LogP contribution in [-0.4, -0.2) is 28.1 Å². The van der Waals surface area contributed by atoms with E-state index >= 15 is 0 Å². The van der Waals surface area contributed by atoms with Gasteiger partial charge in [0.2, 0.25) is 0 Å². The second kappa shape index (κ2) is 5.69. The molecule has 0 saturated heterocycles. The number of carboxylic acids is 1. The minimum atomic E-state index is -0.877. The number of hydrogen-bond acceptors (Lipinski definition) is 3. The molecule has 0 aliphatic rings. The van der Waals surface area contributed by atoms with Gasteiger partial charge in [-0.15, -0.1) is 11.3 Å². The SMILES string of the molecule is CCN(Cc1cc(Br)c(Cl)s1)C(C)(C)C(=O)O. The van der Waals surface area contributed by atoms with Crippen LogP contribution in [0, 0.1) is 0 Å².